The van der Waals surface area contributed by atoms with Gasteiger partial charge in [0.25, 0.3) is 10.0 Å². The minimum atomic E-state index is -3.94. The molecule has 28 heavy (non-hydrogen) atoms. The van der Waals surface area contributed by atoms with Crippen LogP contribution >= 0.6 is 0 Å². The fourth-order valence-corrected chi connectivity index (χ4v) is 4.10. The van der Waals surface area contributed by atoms with Gasteiger partial charge in [0.2, 0.25) is 0 Å². The van der Waals surface area contributed by atoms with Gasteiger partial charge in [0.15, 0.2) is 23.1 Å². The van der Waals surface area contributed by atoms with Gasteiger partial charge in [0.1, 0.15) is 23.9 Å². The van der Waals surface area contributed by atoms with Gasteiger partial charge in [0, 0.05) is 18.6 Å². The topological polar surface area (TPSA) is 99.9 Å². The van der Waals surface area contributed by atoms with Crippen LogP contribution in [0.5, 0.6) is 17.2 Å². The largest absolute Gasteiger partial charge is 0.495 e. The Balaban J connectivity index is 1.70. The molecule has 0 radical (unpaired) electrons. The molecule has 0 fully saturated rings. The van der Waals surface area contributed by atoms with Crippen molar-refractivity contribution in [2.45, 2.75) is 11.8 Å². The maximum atomic E-state index is 13.0. The van der Waals surface area contributed by atoms with Crippen LogP contribution in [-0.2, 0) is 10.0 Å². The number of nitrogens with one attached hydrogen (secondary N) is 1. The monoisotopic (exact) mass is 402 g/mol. The molecule has 0 saturated carbocycles. The minimum Gasteiger partial charge on any atom is -0.495 e. The van der Waals surface area contributed by atoms with Crippen LogP contribution in [0.3, 0.4) is 0 Å². The highest BCUT2D eigenvalue weighted by Gasteiger charge is 2.22. The lowest BCUT2D eigenvalue weighted by Crippen LogP contribution is -2.17. The van der Waals surface area contributed by atoms with Crippen molar-refractivity contribution in [3.63, 3.8) is 0 Å². The summed E-state index contributed by atoms with van der Waals surface area (Å²) >= 11 is 0. The second kappa shape index (κ2) is 7.08. The molecule has 0 saturated heterocycles. The first-order valence-electron chi connectivity index (χ1n) is 8.49. The Morgan fingerprint density at radius 2 is 1.86 bits per heavy atom. The van der Waals surface area contributed by atoms with Gasteiger partial charge in [-0.25, -0.2) is 13.4 Å². The molecule has 1 aliphatic heterocycles. The smallest absolute Gasteiger partial charge is 0.265 e. The fourth-order valence-electron chi connectivity index (χ4n) is 2.85. The lowest BCUT2D eigenvalue weighted by atomic mass is 10.2. The summed E-state index contributed by atoms with van der Waals surface area (Å²) in [6, 6.07) is 9.63. The molecule has 1 aliphatic rings. The summed E-state index contributed by atoms with van der Waals surface area (Å²) in [5.41, 5.74) is 0.927. The van der Waals surface area contributed by atoms with Crippen molar-refractivity contribution in [3.8, 4) is 28.6 Å². The van der Waals surface area contributed by atoms with Gasteiger partial charge >= 0.3 is 0 Å². The predicted octanol–water partition coefficient (Wildman–Crippen LogP) is 3.23. The number of hydrogen-bond donors (Lipinski definition) is 1. The van der Waals surface area contributed by atoms with E-state index in [1.165, 1.54) is 13.2 Å². The van der Waals surface area contributed by atoms with E-state index in [2.05, 4.69) is 9.71 Å². The molecule has 1 aromatic heterocycles. The SMILES string of the molecule is COc1ccc(-c2cnc(C)o2)cc1S(=O)(=O)Nc1ccc2c(c1)OCCO2. The number of benzene rings is 2. The molecule has 1 N–H and O–H groups in total. The number of aryl methyl sites for hydroxylation is 1. The molecular formula is C19H18N2O6S. The number of methoxy groups -OCH3 is 1. The number of rotatable bonds is 5. The Morgan fingerprint density at radius 3 is 2.57 bits per heavy atom. The number of ether oxygens (including phenoxy) is 3. The Hall–Kier alpha value is -3.20. The predicted molar refractivity (Wildman–Crippen MR) is 101 cm³/mol. The van der Waals surface area contributed by atoms with Gasteiger partial charge in [-0.2, -0.15) is 0 Å². The summed E-state index contributed by atoms with van der Waals surface area (Å²) < 4.78 is 50.3. The van der Waals surface area contributed by atoms with Crippen LogP contribution in [0, 0.1) is 6.92 Å². The summed E-state index contributed by atoms with van der Waals surface area (Å²) in [4.78, 5) is 4.03. The number of sulfonamides is 1. The van der Waals surface area contributed by atoms with Crippen LogP contribution in [0.1, 0.15) is 5.89 Å². The third-order valence-electron chi connectivity index (χ3n) is 4.15. The van der Waals surface area contributed by atoms with Crippen molar-refractivity contribution < 1.29 is 27.0 Å². The number of hydrogen-bond acceptors (Lipinski definition) is 7. The third-order valence-corrected chi connectivity index (χ3v) is 5.56. The van der Waals surface area contributed by atoms with Crippen LogP contribution in [0.15, 0.2) is 51.9 Å². The van der Waals surface area contributed by atoms with Crippen LogP contribution in [0.4, 0.5) is 5.69 Å². The molecule has 4 rings (SSSR count). The average molecular weight is 402 g/mol. The highest BCUT2D eigenvalue weighted by Crippen LogP contribution is 2.35. The summed E-state index contributed by atoms with van der Waals surface area (Å²) in [6.07, 6.45) is 1.54. The summed E-state index contributed by atoms with van der Waals surface area (Å²) in [6.45, 7) is 2.59. The zero-order valence-corrected chi connectivity index (χ0v) is 16.1. The minimum absolute atomic E-state index is 0.0172. The zero-order chi connectivity index (χ0) is 19.7. The van der Waals surface area contributed by atoms with Gasteiger partial charge in [-0.3, -0.25) is 4.72 Å². The molecule has 0 atom stereocenters. The van der Waals surface area contributed by atoms with E-state index in [0.717, 1.165) is 0 Å². The van der Waals surface area contributed by atoms with Gasteiger partial charge in [-0.1, -0.05) is 0 Å². The van der Waals surface area contributed by atoms with E-state index in [9.17, 15) is 8.42 Å². The standard InChI is InChI=1S/C19H18N2O6S/c1-12-20-11-18(27-12)13-3-5-16(24-2)19(9-13)28(22,23)21-14-4-6-15-17(10-14)26-8-7-25-15/h3-6,9-11,21H,7-8H2,1-2H3. The number of oxazole rings is 1. The molecule has 3 aromatic rings. The molecule has 0 aliphatic carbocycles. The Morgan fingerprint density at radius 1 is 1.07 bits per heavy atom. The summed E-state index contributed by atoms with van der Waals surface area (Å²) in [5, 5.41) is 0. The highest BCUT2D eigenvalue weighted by molar-refractivity contribution is 7.92. The normalized spacial score (nSPS) is 13.2. The molecule has 9 heteroatoms. The lowest BCUT2D eigenvalue weighted by molar-refractivity contribution is 0.171. The molecule has 2 aromatic carbocycles. The van der Waals surface area contributed by atoms with Crippen LogP contribution in [-0.4, -0.2) is 33.7 Å². The first-order chi connectivity index (χ1) is 13.5. The molecule has 0 amide bonds. The second-order valence-corrected chi connectivity index (χ2v) is 7.72. The van der Waals surface area contributed by atoms with Crippen molar-refractivity contribution in [2.24, 2.45) is 0 Å². The molecule has 0 spiro atoms. The number of nitrogens with zero attached hydrogens (tertiary/aromatic N) is 1. The van der Waals surface area contributed by atoms with E-state index in [-0.39, 0.29) is 10.6 Å². The first-order valence-corrected chi connectivity index (χ1v) is 9.98. The number of fused-ring (bicyclic) bond motifs is 1. The maximum absolute atomic E-state index is 13.0. The molecule has 146 valence electrons. The van der Waals surface area contributed by atoms with Crippen LogP contribution < -0.4 is 18.9 Å². The van der Waals surface area contributed by atoms with Crippen molar-refractivity contribution >= 4 is 15.7 Å². The van der Waals surface area contributed by atoms with Crippen LogP contribution in [0.2, 0.25) is 0 Å². The zero-order valence-electron chi connectivity index (χ0n) is 15.3. The van der Waals surface area contributed by atoms with Crippen molar-refractivity contribution in [1.29, 1.82) is 0 Å². The molecule has 0 unspecified atom stereocenters. The number of aromatic nitrogens is 1. The van der Waals surface area contributed by atoms with E-state index >= 15 is 0 Å². The summed E-state index contributed by atoms with van der Waals surface area (Å²) in [5.74, 6) is 2.24. The second-order valence-electron chi connectivity index (χ2n) is 6.07. The number of anilines is 1. The lowest BCUT2D eigenvalue weighted by Gasteiger charge is -2.19. The first kappa shape index (κ1) is 18.2. The van der Waals surface area contributed by atoms with Gasteiger partial charge < -0.3 is 18.6 Å². The molecule has 2 heterocycles. The third kappa shape index (κ3) is 3.48. The van der Waals surface area contributed by atoms with E-state index < -0.39 is 10.0 Å². The van der Waals surface area contributed by atoms with Gasteiger partial charge in [-0.15, -0.1) is 0 Å². The van der Waals surface area contributed by atoms with E-state index in [4.69, 9.17) is 18.6 Å². The highest BCUT2D eigenvalue weighted by atomic mass is 32.2. The van der Waals surface area contributed by atoms with Crippen molar-refractivity contribution in [1.82, 2.24) is 4.98 Å². The molecule has 8 nitrogen and oxygen atoms in total. The van der Waals surface area contributed by atoms with Crippen molar-refractivity contribution in [2.75, 3.05) is 25.0 Å². The van der Waals surface area contributed by atoms with E-state index in [1.54, 1.807) is 43.5 Å². The average Bonchev–Trinajstić information content (AvgIpc) is 3.13. The Bertz CT molecular complexity index is 1120. The Kier molecular flexibility index (Phi) is 4.60. The summed E-state index contributed by atoms with van der Waals surface area (Å²) in [7, 11) is -2.53. The maximum Gasteiger partial charge on any atom is 0.265 e. The molecular weight excluding hydrogens is 384 g/mol. The molecule has 0 bridgehead atoms. The van der Waals surface area contributed by atoms with E-state index in [1.807, 2.05) is 0 Å². The quantitative estimate of drug-likeness (QED) is 0.699. The van der Waals surface area contributed by atoms with E-state index in [0.29, 0.717) is 47.6 Å². The van der Waals surface area contributed by atoms with Gasteiger partial charge in [-0.05, 0) is 30.3 Å². The van der Waals surface area contributed by atoms with Crippen LogP contribution in [0.25, 0.3) is 11.3 Å². The van der Waals surface area contributed by atoms with Crippen molar-refractivity contribution in [3.05, 3.63) is 48.5 Å². The fraction of sp³-hybridized carbons (Fsp3) is 0.211. The van der Waals surface area contributed by atoms with Gasteiger partial charge in [0.05, 0.1) is 19.0 Å². The Labute approximate surface area is 162 Å².